The molecule has 1 aromatic heterocycles. The van der Waals surface area contributed by atoms with Crippen LogP contribution < -0.4 is 5.32 Å². The first-order valence-corrected chi connectivity index (χ1v) is 5.32. The van der Waals surface area contributed by atoms with Gasteiger partial charge in [0.15, 0.2) is 0 Å². The summed E-state index contributed by atoms with van der Waals surface area (Å²) in [5.74, 6) is -0.753. The zero-order valence-electron chi connectivity index (χ0n) is 9.87. The van der Waals surface area contributed by atoms with Crippen LogP contribution in [-0.4, -0.2) is 15.0 Å². The maximum atomic E-state index is 13.4. The fourth-order valence-corrected chi connectivity index (χ4v) is 1.50. The SMILES string of the molecule is Cn1cc(CNc2cc(C(F)(F)F)ccc2F)nn1. The van der Waals surface area contributed by atoms with E-state index in [9.17, 15) is 17.6 Å². The van der Waals surface area contributed by atoms with Crippen LogP contribution in [0, 0.1) is 5.82 Å². The molecule has 0 atom stereocenters. The highest BCUT2D eigenvalue weighted by Gasteiger charge is 2.31. The highest BCUT2D eigenvalue weighted by Crippen LogP contribution is 2.31. The predicted molar refractivity (Wildman–Crippen MR) is 59.7 cm³/mol. The molecule has 1 heterocycles. The molecule has 8 heteroatoms. The highest BCUT2D eigenvalue weighted by atomic mass is 19.4. The standard InChI is InChI=1S/C11H10F4N4/c1-19-6-8(17-18-19)5-16-10-4-7(11(13,14)15)2-3-9(10)12/h2-4,6,16H,5H2,1H3. The van der Waals surface area contributed by atoms with E-state index in [0.29, 0.717) is 11.8 Å². The van der Waals surface area contributed by atoms with Gasteiger partial charge in [0.25, 0.3) is 0 Å². The van der Waals surface area contributed by atoms with Crippen molar-refractivity contribution in [2.24, 2.45) is 7.05 Å². The van der Waals surface area contributed by atoms with E-state index in [2.05, 4.69) is 15.6 Å². The van der Waals surface area contributed by atoms with Gasteiger partial charge in [0.1, 0.15) is 11.5 Å². The molecule has 0 aliphatic rings. The Morgan fingerprint density at radius 3 is 2.63 bits per heavy atom. The number of rotatable bonds is 3. The van der Waals surface area contributed by atoms with Crippen molar-refractivity contribution in [3.63, 3.8) is 0 Å². The van der Waals surface area contributed by atoms with Gasteiger partial charge in [0.05, 0.1) is 17.8 Å². The number of nitrogens with zero attached hydrogens (tertiary/aromatic N) is 3. The fourth-order valence-electron chi connectivity index (χ4n) is 1.50. The van der Waals surface area contributed by atoms with E-state index in [1.807, 2.05) is 0 Å². The highest BCUT2D eigenvalue weighted by molar-refractivity contribution is 5.48. The Morgan fingerprint density at radius 1 is 1.32 bits per heavy atom. The third-order valence-corrected chi connectivity index (χ3v) is 2.40. The zero-order valence-corrected chi connectivity index (χ0v) is 9.87. The first-order chi connectivity index (χ1) is 8.86. The number of hydrogen-bond donors (Lipinski definition) is 1. The Kier molecular flexibility index (Phi) is 3.41. The predicted octanol–water partition coefficient (Wildman–Crippen LogP) is 2.59. The van der Waals surface area contributed by atoms with Gasteiger partial charge in [0.2, 0.25) is 0 Å². The van der Waals surface area contributed by atoms with Gasteiger partial charge in [-0.25, -0.2) is 4.39 Å². The summed E-state index contributed by atoms with van der Waals surface area (Å²) in [6, 6.07) is 2.20. The molecule has 0 unspecified atom stereocenters. The van der Waals surface area contributed by atoms with E-state index in [1.54, 1.807) is 13.2 Å². The van der Waals surface area contributed by atoms with Gasteiger partial charge in [-0.1, -0.05) is 5.21 Å². The third kappa shape index (κ3) is 3.21. The molecule has 0 fully saturated rings. The molecule has 4 nitrogen and oxygen atoms in total. The molecule has 2 aromatic rings. The van der Waals surface area contributed by atoms with E-state index in [4.69, 9.17) is 0 Å². The van der Waals surface area contributed by atoms with Gasteiger partial charge in [-0.2, -0.15) is 13.2 Å². The topological polar surface area (TPSA) is 42.7 Å². The summed E-state index contributed by atoms with van der Waals surface area (Å²) >= 11 is 0. The molecule has 1 N–H and O–H groups in total. The number of hydrogen-bond acceptors (Lipinski definition) is 3. The smallest absolute Gasteiger partial charge is 0.377 e. The lowest BCUT2D eigenvalue weighted by Gasteiger charge is -2.10. The summed E-state index contributed by atoms with van der Waals surface area (Å²) in [5.41, 5.74) is -0.629. The molecule has 2 rings (SSSR count). The first kappa shape index (κ1) is 13.3. The van der Waals surface area contributed by atoms with E-state index in [0.717, 1.165) is 12.1 Å². The molecule has 0 bridgehead atoms. The average Bonchev–Trinajstić information content (AvgIpc) is 2.72. The van der Waals surface area contributed by atoms with Crippen LogP contribution in [0.3, 0.4) is 0 Å². The van der Waals surface area contributed by atoms with E-state index >= 15 is 0 Å². The summed E-state index contributed by atoms with van der Waals surface area (Å²) in [5, 5.41) is 9.96. The second-order valence-corrected chi connectivity index (χ2v) is 3.93. The van der Waals surface area contributed by atoms with Gasteiger partial charge in [-0.3, -0.25) is 4.68 Å². The Morgan fingerprint density at radius 2 is 2.05 bits per heavy atom. The lowest BCUT2D eigenvalue weighted by atomic mass is 10.2. The van der Waals surface area contributed by atoms with Crippen molar-refractivity contribution in [3.05, 3.63) is 41.5 Å². The Labute approximate surface area is 106 Å². The van der Waals surface area contributed by atoms with Crippen LogP contribution in [0.1, 0.15) is 11.3 Å². The van der Waals surface area contributed by atoms with Crippen molar-refractivity contribution < 1.29 is 17.6 Å². The molecular formula is C11H10F4N4. The number of benzene rings is 1. The van der Waals surface area contributed by atoms with Gasteiger partial charge in [-0.15, -0.1) is 5.10 Å². The normalized spacial score (nSPS) is 11.6. The monoisotopic (exact) mass is 274 g/mol. The van der Waals surface area contributed by atoms with Gasteiger partial charge >= 0.3 is 6.18 Å². The minimum atomic E-state index is -4.50. The van der Waals surface area contributed by atoms with E-state index < -0.39 is 17.6 Å². The van der Waals surface area contributed by atoms with Gasteiger partial charge < -0.3 is 5.32 Å². The Bertz CT molecular complexity index is 576. The molecule has 0 radical (unpaired) electrons. The quantitative estimate of drug-likeness (QED) is 0.875. The number of nitrogens with one attached hydrogen (secondary N) is 1. The lowest BCUT2D eigenvalue weighted by Crippen LogP contribution is -2.08. The second kappa shape index (κ2) is 4.87. The van der Waals surface area contributed by atoms with Crippen LogP contribution in [0.5, 0.6) is 0 Å². The molecule has 0 aliphatic carbocycles. The van der Waals surface area contributed by atoms with Crippen LogP contribution in [0.25, 0.3) is 0 Å². The zero-order chi connectivity index (χ0) is 14.0. The molecular weight excluding hydrogens is 264 g/mol. The Balaban J connectivity index is 2.15. The average molecular weight is 274 g/mol. The maximum Gasteiger partial charge on any atom is 0.416 e. The summed E-state index contributed by atoms with van der Waals surface area (Å²) in [7, 11) is 1.65. The molecule has 102 valence electrons. The Hall–Kier alpha value is -2.12. The lowest BCUT2D eigenvalue weighted by molar-refractivity contribution is -0.137. The minimum Gasteiger partial charge on any atom is -0.377 e. The molecule has 0 saturated carbocycles. The van der Waals surface area contributed by atoms with Crippen molar-refractivity contribution >= 4 is 5.69 Å². The van der Waals surface area contributed by atoms with Crippen molar-refractivity contribution in [2.75, 3.05) is 5.32 Å². The number of aromatic nitrogens is 3. The maximum absolute atomic E-state index is 13.4. The van der Waals surface area contributed by atoms with E-state index in [1.165, 1.54) is 4.68 Å². The molecule has 0 amide bonds. The van der Waals surface area contributed by atoms with E-state index in [-0.39, 0.29) is 12.2 Å². The molecule has 19 heavy (non-hydrogen) atoms. The third-order valence-electron chi connectivity index (χ3n) is 2.40. The summed E-state index contributed by atoms with van der Waals surface area (Å²) in [6.07, 6.45) is -2.92. The van der Waals surface area contributed by atoms with Crippen LogP contribution in [-0.2, 0) is 19.8 Å². The van der Waals surface area contributed by atoms with Crippen LogP contribution in [0.15, 0.2) is 24.4 Å². The molecule has 0 saturated heterocycles. The first-order valence-electron chi connectivity index (χ1n) is 5.32. The summed E-state index contributed by atoms with van der Waals surface area (Å²) in [6.45, 7) is 0.0894. The largest absolute Gasteiger partial charge is 0.416 e. The van der Waals surface area contributed by atoms with Gasteiger partial charge in [0, 0.05) is 13.2 Å². The van der Waals surface area contributed by atoms with Crippen LogP contribution in [0.4, 0.5) is 23.2 Å². The number of halogens is 4. The number of alkyl halides is 3. The van der Waals surface area contributed by atoms with Crippen LogP contribution >= 0.6 is 0 Å². The molecule has 0 aliphatic heterocycles. The number of aryl methyl sites for hydroxylation is 1. The van der Waals surface area contributed by atoms with Crippen molar-refractivity contribution in [1.82, 2.24) is 15.0 Å². The number of anilines is 1. The van der Waals surface area contributed by atoms with Gasteiger partial charge in [-0.05, 0) is 18.2 Å². The second-order valence-electron chi connectivity index (χ2n) is 3.93. The fraction of sp³-hybridized carbons (Fsp3) is 0.273. The van der Waals surface area contributed by atoms with Crippen molar-refractivity contribution in [2.45, 2.75) is 12.7 Å². The van der Waals surface area contributed by atoms with Crippen LogP contribution in [0.2, 0.25) is 0 Å². The van der Waals surface area contributed by atoms with Crippen molar-refractivity contribution in [1.29, 1.82) is 0 Å². The molecule has 1 aromatic carbocycles. The minimum absolute atomic E-state index is 0.0894. The summed E-state index contributed by atoms with van der Waals surface area (Å²) < 4.78 is 52.3. The molecule has 0 spiro atoms. The van der Waals surface area contributed by atoms with Crippen molar-refractivity contribution in [3.8, 4) is 0 Å². The summed E-state index contributed by atoms with van der Waals surface area (Å²) in [4.78, 5) is 0.